The summed E-state index contributed by atoms with van der Waals surface area (Å²) in [7, 11) is -1.64. The minimum Gasteiger partial charge on any atom is -0.262 e. The van der Waals surface area contributed by atoms with Crippen LogP contribution >= 0.6 is 11.3 Å². The molecule has 0 saturated heterocycles. The van der Waals surface area contributed by atoms with Crippen LogP contribution in [0, 0.1) is 0 Å². The first-order chi connectivity index (χ1) is 32.3. The molecule has 0 amide bonds. The van der Waals surface area contributed by atoms with Crippen molar-refractivity contribution >= 4 is 45.5 Å². The van der Waals surface area contributed by atoms with E-state index in [4.69, 9.17) is 15.0 Å². The lowest BCUT2D eigenvalue weighted by molar-refractivity contribution is 0.769. The molecule has 1 aliphatic rings. The van der Waals surface area contributed by atoms with Crippen molar-refractivity contribution in [3.63, 3.8) is 0 Å². The molecule has 0 fully saturated rings. The molecule has 0 bridgehead atoms. The van der Waals surface area contributed by atoms with Gasteiger partial charge in [0.2, 0.25) is 0 Å². The minimum absolute atomic E-state index is 0.482. The quantitative estimate of drug-likeness (QED) is 0.143. The van der Waals surface area contributed by atoms with E-state index >= 15 is 0 Å². The smallest absolute Gasteiger partial charge is 0.166 e. The van der Waals surface area contributed by atoms with E-state index in [-0.39, 0.29) is 0 Å². The number of thiophene rings is 1. The van der Waals surface area contributed by atoms with Gasteiger partial charge in [0.05, 0.1) is 18.2 Å². The van der Waals surface area contributed by atoms with Crippen LogP contribution in [0.15, 0.2) is 212 Å². The third kappa shape index (κ3) is 6.55. The Kier molecular flexibility index (Phi) is 9.56. The molecule has 0 spiro atoms. The fraction of sp³-hybridized carbons (Fsp3) is 0.0667. The molecule has 0 unspecified atom stereocenters. The van der Waals surface area contributed by atoms with Crippen molar-refractivity contribution in [3.05, 3.63) is 234 Å². The van der Waals surface area contributed by atoms with Gasteiger partial charge in [-0.1, -0.05) is 195 Å². The van der Waals surface area contributed by atoms with Gasteiger partial charge in [-0.15, -0.1) is 11.3 Å². The third-order valence-electron chi connectivity index (χ3n) is 13.4. The molecular formula is C60H44N4SSi. The Hall–Kier alpha value is -7.64. The van der Waals surface area contributed by atoms with Crippen LogP contribution in [0.2, 0.25) is 19.6 Å². The molecule has 0 atom stereocenters. The number of hydrogen-bond acceptors (Lipinski definition) is 5. The summed E-state index contributed by atoms with van der Waals surface area (Å²) in [5.74, 6) is 1.86. The van der Waals surface area contributed by atoms with E-state index in [9.17, 15) is 0 Å². The SMILES string of the molecule is C[Si](C)(C)c1ccc2c(c1)C(c1ccccc1)(c1ccccc1)c1cc(-c3cccc(-c4ccc(-c5nc(-c6ccccc6)nc(-c6cncc7sccc67)n5)c5ccccc45)c3)ccc1-2. The van der Waals surface area contributed by atoms with Crippen molar-refractivity contribution in [2.24, 2.45) is 0 Å². The molecule has 0 radical (unpaired) electrons. The number of pyridine rings is 1. The highest BCUT2D eigenvalue weighted by Crippen LogP contribution is 2.56. The van der Waals surface area contributed by atoms with Crippen molar-refractivity contribution in [2.75, 3.05) is 0 Å². The zero-order chi connectivity index (χ0) is 44.4. The van der Waals surface area contributed by atoms with E-state index in [2.05, 4.69) is 194 Å². The number of nitrogens with zero attached hydrogens (tertiary/aromatic N) is 4. The van der Waals surface area contributed by atoms with E-state index in [1.807, 2.05) is 42.7 Å². The van der Waals surface area contributed by atoms with Gasteiger partial charge in [0.25, 0.3) is 0 Å². The Labute approximate surface area is 390 Å². The Morgan fingerprint density at radius 1 is 0.394 bits per heavy atom. The van der Waals surface area contributed by atoms with Crippen LogP contribution in [0.4, 0.5) is 0 Å². The van der Waals surface area contributed by atoms with Gasteiger partial charge in [-0.05, 0) is 96.1 Å². The van der Waals surface area contributed by atoms with Crippen molar-refractivity contribution in [1.82, 2.24) is 19.9 Å². The fourth-order valence-electron chi connectivity index (χ4n) is 10.2. The van der Waals surface area contributed by atoms with Crippen molar-refractivity contribution in [3.8, 4) is 67.5 Å². The largest absolute Gasteiger partial charge is 0.262 e. The normalized spacial score (nSPS) is 12.9. The first-order valence-electron chi connectivity index (χ1n) is 22.5. The first kappa shape index (κ1) is 39.9. The second-order valence-corrected chi connectivity index (χ2v) is 24.3. The minimum atomic E-state index is -1.64. The van der Waals surface area contributed by atoms with E-state index in [0.29, 0.717) is 17.5 Å². The topological polar surface area (TPSA) is 51.6 Å². The van der Waals surface area contributed by atoms with Gasteiger partial charge < -0.3 is 0 Å². The van der Waals surface area contributed by atoms with E-state index < -0.39 is 13.5 Å². The Balaban J connectivity index is 1.00. The van der Waals surface area contributed by atoms with Crippen LogP contribution in [0.25, 0.3) is 88.4 Å². The van der Waals surface area contributed by atoms with Gasteiger partial charge in [-0.3, -0.25) is 4.98 Å². The van der Waals surface area contributed by atoms with Crippen molar-refractivity contribution < 1.29 is 0 Å². The first-order valence-corrected chi connectivity index (χ1v) is 26.9. The number of fused-ring (bicyclic) bond motifs is 5. The molecule has 11 aromatic rings. The van der Waals surface area contributed by atoms with Crippen LogP contribution in [0.3, 0.4) is 0 Å². The summed E-state index contributed by atoms with van der Waals surface area (Å²) in [6.45, 7) is 7.34. The average molecular weight is 881 g/mol. The van der Waals surface area contributed by atoms with Gasteiger partial charge >= 0.3 is 0 Å². The molecule has 66 heavy (non-hydrogen) atoms. The second kappa shape index (κ2) is 15.8. The molecule has 12 rings (SSSR count). The molecule has 3 heterocycles. The maximum Gasteiger partial charge on any atom is 0.166 e. The highest BCUT2D eigenvalue weighted by atomic mass is 32.1. The summed E-state index contributed by atoms with van der Waals surface area (Å²) in [5, 5.41) is 6.85. The lowest BCUT2D eigenvalue weighted by Crippen LogP contribution is -2.39. The van der Waals surface area contributed by atoms with Gasteiger partial charge in [0.1, 0.15) is 0 Å². The standard InChI is InChI=1S/C60H44N4SSi/c1-66(2,3)45-27-29-50-49-28-26-41(35-54(49)60(55(50)36-45,43-20-9-5-10-21-43)44-22-11-6-12-23-44)40-18-15-19-42(34-40)46-30-31-52(48-25-14-13-24-47(46)48)58-62-57(39-16-7-4-8-17-39)63-59(64-58)53-37-61-38-56-51(53)32-33-65-56/h4-38H,1-3H3. The molecule has 3 aromatic heterocycles. The van der Waals surface area contributed by atoms with E-state index in [1.165, 1.54) is 49.7 Å². The number of rotatable bonds is 8. The summed E-state index contributed by atoms with van der Waals surface area (Å²) in [6.07, 6.45) is 3.77. The highest BCUT2D eigenvalue weighted by Gasteiger charge is 2.46. The summed E-state index contributed by atoms with van der Waals surface area (Å²) in [5.41, 5.74) is 14.8. The lowest BCUT2D eigenvalue weighted by Gasteiger charge is -2.35. The third-order valence-corrected chi connectivity index (χ3v) is 16.3. The summed E-state index contributed by atoms with van der Waals surface area (Å²) >= 11 is 1.67. The highest BCUT2D eigenvalue weighted by molar-refractivity contribution is 7.17. The van der Waals surface area contributed by atoms with E-state index in [1.54, 1.807) is 11.3 Å². The summed E-state index contributed by atoms with van der Waals surface area (Å²) < 4.78 is 1.10. The van der Waals surface area contributed by atoms with Gasteiger partial charge in [-0.25, -0.2) is 15.0 Å². The van der Waals surface area contributed by atoms with Gasteiger partial charge in [-0.2, -0.15) is 0 Å². The Morgan fingerprint density at radius 3 is 1.65 bits per heavy atom. The van der Waals surface area contributed by atoms with E-state index in [0.717, 1.165) is 48.7 Å². The van der Waals surface area contributed by atoms with Crippen LogP contribution in [0.5, 0.6) is 0 Å². The molecule has 8 aromatic carbocycles. The molecule has 4 nitrogen and oxygen atoms in total. The van der Waals surface area contributed by atoms with Crippen molar-refractivity contribution in [1.29, 1.82) is 0 Å². The maximum atomic E-state index is 5.20. The molecule has 6 heteroatoms. The molecule has 1 aliphatic carbocycles. The molecule has 0 N–H and O–H groups in total. The second-order valence-electron chi connectivity index (χ2n) is 18.2. The van der Waals surface area contributed by atoms with Crippen LogP contribution in [-0.2, 0) is 5.41 Å². The summed E-state index contributed by atoms with van der Waals surface area (Å²) in [6, 6.07) is 71.1. The number of aromatic nitrogens is 4. The molecule has 0 aliphatic heterocycles. The predicted octanol–water partition coefficient (Wildman–Crippen LogP) is 14.9. The van der Waals surface area contributed by atoms with Gasteiger partial charge in [0.15, 0.2) is 17.5 Å². The van der Waals surface area contributed by atoms with Crippen molar-refractivity contribution in [2.45, 2.75) is 25.1 Å². The predicted molar refractivity (Wildman–Crippen MR) is 278 cm³/mol. The van der Waals surface area contributed by atoms with Crippen LogP contribution in [0.1, 0.15) is 22.3 Å². The zero-order valence-corrected chi connectivity index (χ0v) is 38.7. The Morgan fingerprint density at radius 2 is 0.939 bits per heavy atom. The lowest BCUT2D eigenvalue weighted by atomic mass is 9.67. The van der Waals surface area contributed by atoms with Crippen LogP contribution < -0.4 is 5.19 Å². The Bertz CT molecular complexity index is 3600. The van der Waals surface area contributed by atoms with Gasteiger partial charge in [0, 0.05) is 34.5 Å². The molecule has 314 valence electrons. The zero-order valence-electron chi connectivity index (χ0n) is 36.9. The number of benzene rings is 8. The van der Waals surface area contributed by atoms with Crippen LogP contribution in [-0.4, -0.2) is 28.0 Å². The average Bonchev–Trinajstić information content (AvgIpc) is 3.98. The summed E-state index contributed by atoms with van der Waals surface area (Å²) in [4.78, 5) is 20.0. The fourth-order valence-corrected chi connectivity index (χ4v) is 12.1. The number of hydrogen-bond donors (Lipinski definition) is 0. The molecular weight excluding hydrogens is 837 g/mol. The maximum absolute atomic E-state index is 5.20. The monoisotopic (exact) mass is 880 g/mol. The molecule has 0 saturated carbocycles.